The van der Waals surface area contributed by atoms with Crippen molar-refractivity contribution in [3.05, 3.63) is 0 Å². The van der Waals surface area contributed by atoms with Crippen LogP contribution in [0.4, 0.5) is 0 Å². The van der Waals surface area contributed by atoms with Crippen molar-refractivity contribution in [2.24, 2.45) is 11.8 Å². The summed E-state index contributed by atoms with van der Waals surface area (Å²) in [5.74, 6) is 1.84. The SMILES string of the molecule is CC1CCC(N(C)C2CCNC2)C(C)C1. The van der Waals surface area contributed by atoms with Gasteiger partial charge >= 0.3 is 0 Å². The number of hydrogen-bond acceptors (Lipinski definition) is 2. The number of hydrogen-bond donors (Lipinski definition) is 1. The molecule has 2 aliphatic rings. The quantitative estimate of drug-likeness (QED) is 0.751. The Kier molecular flexibility index (Phi) is 3.68. The largest absolute Gasteiger partial charge is 0.315 e. The molecule has 0 radical (unpaired) electrons. The van der Waals surface area contributed by atoms with Crippen molar-refractivity contribution in [3.8, 4) is 0 Å². The van der Waals surface area contributed by atoms with Crippen molar-refractivity contribution in [3.63, 3.8) is 0 Å². The highest BCUT2D eigenvalue weighted by molar-refractivity contribution is 4.88. The van der Waals surface area contributed by atoms with Gasteiger partial charge in [0.1, 0.15) is 0 Å². The first-order chi connectivity index (χ1) is 7.18. The summed E-state index contributed by atoms with van der Waals surface area (Å²) in [5, 5.41) is 3.47. The number of likely N-dealkylation sites (N-methyl/N-ethyl adjacent to an activating group) is 1. The molecule has 1 aliphatic heterocycles. The first-order valence-corrected chi connectivity index (χ1v) is 6.61. The summed E-state index contributed by atoms with van der Waals surface area (Å²) < 4.78 is 0. The summed E-state index contributed by atoms with van der Waals surface area (Å²) in [6.07, 6.45) is 5.61. The standard InChI is InChI=1S/C13H26N2/c1-10-4-5-13(11(2)8-10)15(3)12-6-7-14-9-12/h10-14H,4-9H2,1-3H3. The Hall–Kier alpha value is -0.0800. The van der Waals surface area contributed by atoms with Crippen LogP contribution in [0.3, 0.4) is 0 Å². The summed E-state index contributed by atoms with van der Waals surface area (Å²) in [7, 11) is 2.34. The average molecular weight is 210 g/mol. The zero-order chi connectivity index (χ0) is 10.8. The van der Waals surface area contributed by atoms with Crippen LogP contribution >= 0.6 is 0 Å². The topological polar surface area (TPSA) is 15.3 Å². The molecule has 1 heterocycles. The van der Waals surface area contributed by atoms with E-state index in [4.69, 9.17) is 0 Å². The molecule has 1 saturated heterocycles. The van der Waals surface area contributed by atoms with Crippen molar-refractivity contribution in [2.45, 2.75) is 51.6 Å². The van der Waals surface area contributed by atoms with Crippen molar-refractivity contribution in [1.29, 1.82) is 0 Å². The molecule has 0 aromatic rings. The van der Waals surface area contributed by atoms with E-state index in [1.54, 1.807) is 0 Å². The highest BCUT2D eigenvalue weighted by Gasteiger charge is 2.32. The molecular formula is C13H26N2. The van der Waals surface area contributed by atoms with Gasteiger partial charge in [-0.2, -0.15) is 0 Å². The Bertz CT molecular complexity index is 199. The van der Waals surface area contributed by atoms with Crippen LogP contribution in [-0.4, -0.2) is 37.1 Å². The molecule has 1 N–H and O–H groups in total. The van der Waals surface area contributed by atoms with Gasteiger partial charge in [0.2, 0.25) is 0 Å². The number of nitrogens with one attached hydrogen (secondary N) is 1. The van der Waals surface area contributed by atoms with Crippen LogP contribution in [0, 0.1) is 11.8 Å². The Labute approximate surface area is 94.4 Å². The minimum absolute atomic E-state index is 0.797. The van der Waals surface area contributed by atoms with Crippen LogP contribution < -0.4 is 5.32 Å². The smallest absolute Gasteiger partial charge is 0.0232 e. The number of rotatable bonds is 2. The molecule has 4 unspecified atom stereocenters. The summed E-state index contributed by atoms with van der Waals surface area (Å²) in [6.45, 7) is 7.27. The maximum atomic E-state index is 3.47. The predicted octanol–water partition coefficient (Wildman–Crippen LogP) is 2.10. The maximum Gasteiger partial charge on any atom is 0.0232 e. The fourth-order valence-electron chi connectivity index (χ4n) is 3.51. The molecular weight excluding hydrogens is 184 g/mol. The van der Waals surface area contributed by atoms with Crippen LogP contribution in [0.5, 0.6) is 0 Å². The second-order valence-corrected chi connectivity index (χ2v) is 5.77. The second kappa shape index (κ2) is 4.84. The van der Waals surface area contributed by atoms with Crippen molar-refractivity contribution >= 4 is 0 Å². The second-order valence-electron chi connectivity index (χ2n) is 5.77. The van der Waals surface area contributed by atoms with E-state index in [-0.39, 0.29) is 0 Å². The van der Waals surface area contributed by atoms with E-state index in [1.165, 1.54) is 38.8 Å². The van der Waals surface area contributed by atoms with Gasteiger partial charge < -0.3 is 5.32 Å². The van der Waals surface area contributed by atoms with Gasteiger partial charge in [0.25, 0.3) is 0 Å². The van der Waals surface area contributed by atoms with E-state index in [1.807, 2.05) is 0 Å². The fourth-order valence-corrected chi connectivity index (χ4v) is 3.51. The summed E-state index contributed by atoms with van der Waals surface area (Å²) in [5.41, 5.74) is 0. The lowest BCUT2D eigenvalue weighted by Crippen LogP contribution is -2.46. The lowest BCUT2D eigenvalue weighted by atomic mass is 9.79. The third-order valence-corrected chi connectivity index (χ3v) is 4.52. The molecule has 1 aliphatic carbocycles. The molecule has 0 amide bonds. The van der Waals surface area contributed by atoms with E-state index in [2.05, 4.69) is 31.1 Å². The molecule has 4 atom stereocenters. The van der Waals surface area contributed by atoms with Crippen LogP contribution in [0.25, 0.3) is 0 Å². The minimum atomic E-state index is 0.797. The summed E-state index contributed by atoms with van der Waals surface area (Å²) in [4.78, 5) is 2.66. The van der Waals surface area contributed by atoms with Crippen molar-refractivity contribution in [2.75, 3.05) is 20.1 Å². The first kappa shape index (κ1) is 11.4. The first-order valence-electron chi connectivity index (χ1n) is 6.61. The predicted molar refractivity (Wildman–Crippen MR) is 65.0 cm³/mol. The lowest BCUT2D eigenvalue weighted by Gasteiger charge is -2.41. The van der Waals surface area contributed by atoms with E-state index in [0.717, 1.165) is 23.9 Å². The van der Waals surface area contributed by atoms with Crippen LogP contribution in [-0.2, 0) is 0 Å². The fraction of sp³-hybridized carbons (Fsp3) is 1.00. The van der Waals surface area contributed by atoms with Crippen LogP contribution in [0.1, 0.15) is 39.5 Å². The molecule has 1 saturated carbocycles. The molecule has 88 valence electrons. The Morgan fingerprint density at radius 1 is 1.13 bits per heavy atom. The summed E-state index contributed by atoms with van der Waals surface area (Å²) >= 11 is 0. The van der Waals surface area contributed by atoms with E-state index < -0.39 is 0 Å². The van der Waals surface area contributed by atoms with Crippen LogP contribution in [0.2, 0.25) is 0 Å². The van der Waals surface area contributed by atoms with Gasteiger partial charge in [-0.1, -0.05) is 13.8 Å². The molecule has 2 fully saturated rings. The molecule has 15 heavy (non-hydrogen) atoms. The van der Waals surface area contributed by atoms with Gasteiger partial charge in [-0.15, -0.1) is 0 Å². The molecule has 2 nitrogen and oxygen atoms in total. The Morgan fingerprint density at radius 2 is 1.93 bits per heavy atom. The van der Waals surface area contributed by atoms with E-state index in [9.17, 15) is 0 Å². The van der Waals surface area contributed by atoms with Crippen molar-refractivity contribution < 1.29 is 0 Å². The van der Waals surface area contributed by atoms with E-state index >= 15 is 0 Å². The highest BCUT2D eigenvalue weighted by Crippen LogP contribution is 2.32. The molecule has 0 aromatic heterocycles. The molecule has 0 spiro atoms. The van der Waals surface area contributed by atoms with Gasteiger partial charge in [0.15, 0.2) is 0 Å². The zero-order valence-electron chi connectivity index (χ0n) is 10.5. The zero-order valence-corrected chi connectivity index (χ0v) is 10.5. The van der Waals surface area contributed by atoms with Gasteiger partial charge in [0.05, 0.1) is 0 Å². The maximum absolute atomic E-state index is 3.47. The minimum Gasteiger partial charge on any atom is -0.315 e. The normalized spacial score (nSPS) is 42.4. The Morgan fingerprint density at radius 3 is 2.53 bits per heavy atom. The summed E-state index contributed by atoms with van der Waals surface area (Å²) in [6, 6.07) is 1.64. The van der Waals surface area contributed by atoms with Gasteiger partial charge in [-0.3, -0.25) is 4.90 Å². The van der Waals surface area contributed by atoms with E-state index in [0.29, 0.717) is 0 Å². The highest BCUT2D eigenvalue weighted by atomic mass is 15.2. The Balaban J connectivity index is 1.91. The monoisotopic (exact) mass is 210 g/mol. The third kappa shape index (κ3) is 2.54. The van der Waals surface area contributed by atoms with Gasteiger partial charge in [-0.05, 0) is 51.1 Å². The number of nitrogens with zero attached hydrogens (tertiary/aromatic N) is 1. The molecule has 0 aromatic carbocycles. The average Bonchev–Trinajstić information content (AvgIpc) is 2.69. The van der Waals surface area contributed by atoms with Crippen LogP contribution in [0.15, 0.2) is 0 Å². The molecule has 2 heteroatoms. The molecule has 2 rings (SSSR count). The lowest BCUT2D eigenvalue weighted by molar-refractivity contribution is 0.0866. The van der Waals surface area contributed by atoms with Gasteiger partial charge in [-0.25, -0.2) is 0 Å². The third-order valence-electron chi connectivity index (χ3n) is 4.52. The van der Waals surface area contributed by atoms with Crippen molar-refractivity contribution in [1.82, 2.24) is 10.2 Å². The van der Waals surface area contributed by atoms with Gasteiger partial charge in [0, 0.05) is 18.6 Å². The molecule has 0 bridgehead atoms.